The maximum Gasteiger partial charge on any atom is 0.130 e. The molecule has 82 valence electrons. The van der Waals surface area contributed by atoms with E-state index in [-0.39, 0.29) is 0 Å². The summed E-state index contributed by atoms with van der Waals surface area (Å²) in [7, 11) is 0. The lowest BCUT2D eigenvalue weighted by molar-refractivity contribution is 1.05. The van der Waals surface area contributed by atoms with Crippen LogP contribution in [0, 0.1) is 0 Å². The zero-order valence-electron chi connectivity index (χ0n) is 8.65. The Morgan fingerprint density at radius 3 is 2.62 bits per heavy atom. The minimum Gasteiger partial charge on any atom is -0.339 e. The van der Waals surface area contributed by atoms with Gasteiger partial charge in [-0.15, -0.1) is 0 Å². The first-order chi connectivity index (χ1) is 7.79. The number of halogens is 1. The predicted molar refractivity (Wildman–Crippen MR) is 69.6 cm³/mol. The van der Waals surface area contributed by atoms with Crippen molar-refractivity contribution in [2.24, 2.45) is 5.73 Å². The molecule has 0 bridgehead atoms. The molecule has 3 N–H and O–H groups in total. The molecular weight excluding hydrogens is 266 g/mol. The molecule has 0 aliphatic carbocycles. The van der Waals surface area contributed by atoms with Crippen LogP contribution < -0.4 is 11.1 Å². The van der Waals surface area contributed by atoms with E-state index in [2.05, 4.69) is 26.2 Å². The van der Waals surface area contributed by atoms with Gasteiger partial charge in [-0.1, -0.05) is 18.2 Å². The smallest absolute Gasteiger partial charge is 0.130 e. The van der Waals surface area contributed by atoms with Gasteiger partial charge in [0, 0.05) is 17.2 Å². The molecule has 0 radical (unpaired) electrons. The van der Waals surface area contributed by atoms with Gasteiger partial charge in [0.15, 0.2) is 0 Å². The quantitative estimate of drug-likeness (QED) is 0.907. The molecule has 3 nitrogen and oxygen atoms in total. The Balaban J connectivity index is 2.18. The summed E-state index contributed by atoms with van der Waals surface area (Å²) < 4.78 is 1.01. The lowest BCUT2D eigenvalue weighted by Crippen LogP contribution is -1.99. The van der Waals surface area contributed by atoms with Gasteiger partial charge in [0.2, 0.25) is 0 Å². The van der Waals surface area contributed by atoms with E-state index in [1.165, 1.54) is 0 Å². The van der Waals surface area contributed by atoms with Crippen LogP contribution in [0.3, 0.4) is 0 Å². The summed E-state index contributed by atoms with van der Waals surface area (Å²) in [5.41, 5.74) is 7.53. The van der Waals surface area contributed by atoms with Crippen LogP contribution in [-0.4, -0.2) is 4.98 Å². The number of nitrogens with zero attached hydrogens (tertiary/aromatic N) is 1. The first-order valence-corrected chi connectivity index (χ1v) is 5.75. The summed E-state index contributed by atoms with van der Waals surface area (Å²) in [5.74, 6) is 0.809. The Kier molecular flexibility index (Phi) is 3.54. The molecule has 0 spiro atoms. The van der Waals surface area contributed by atoms with Crippen molar-refractivity contribution < 1.29 is 0 Å². The molecular formula is C12H12BrN3. The van der Waals surface area contributed by atoms with Gasteiger partial charge in [0.05, 0.1) is 5.69 Å². The van der Waals surface area contributed by atoms with Crippen LogP contribution in [-0.2, 0) is 6.54 Å². The van der Waals surface area contributed by atoms with E-state index in [9.17, 15) is 0 Å². The average Bonchev–Trinajstić information content (AvgIpc) is 2.33. The number of aromatic nitrogens is 1. The van der Waals surface area contributed by atoms with Crippen LogP contribution in [0.25, 0.3) is 0 Å². The summed E-state index contributed by atoms with van der Waals surface area (Å²) in [5, 5.41) is 3.22. The van der Waals surface area contributed by atoms with Crippen LogP contribution in [0.15, 0.2) is 47.1 Å². The molecule has 1 aromatic heterocycles. The van der Waals surface area contributed by atoms with Crippen LogP contribution in [0.1, 0.15) is 5.56 Å². The van der Waals surface area contributed by atoms with Gasteiger partial charge in [-0.25, -0.2) is 4.98 Å². The largest absolute Gasteiger partial charge is 0.339 e. The zero-order chi connectivity index (χ0) is 11.4. The van der Waals surface area contributed by atoms with Gasteiger partial charge >= 0.3 is 0 Å². The molecule has 0 aliphatic rings. The van der Waals surface area contributed by atoms with Crippen molar-refractivity contribution in [3.8, 4) is 0 Å². The Labute approximate surface area is 103 Å². The number of anilines is 2. The minimum absolute atomic E-state index is 0.516. The third kappa shape index (κ3) is 2.59. The standard InChI is InChI=1S/C12H12BrN3/c13-10-3-1-2-4-11(10)16-12-6-5-9(7-14)8-15-12/h1-6,8H,7,14H2,(H,15,16). The average molecular weight is 278 g/mol. The molecule has 0 saturated heterocycles. The predicted octanol–water partition coefficient (Wildman–Crippen LogP) is 3.05. The molecule has 2 aromatic rings. The molecule has 1 heterocycles. The summed E-state index contributed by atoms with van der Waals surface area (Å²) >= 11 is 3.47. The van der Waals surface area contributed by atoms with E-state index < -0.39 is 0 Å². The van der Waals surface area contributed by atoms with Crippen molar-refractivity contribution in [3.05, 3.63) is 52.6 Å². The van der Waals surface area contributed by atoms with E-state index in [1.807, 2.05) is 36.4 Å². The minimum atomic E-state index is 0.516. The fourth-order valence-electron chi connectivity index (χ4n) is 1.32. The summed E-state index contributed by atoms with van der Waals surface area (Å²) in [6.45, 7) is 0.516. The van der Waals surface area contributed by atoms with Gasteiger partial charge in [0.1, 0.15) is 5.82 Å². The van der Waals surface area contributed by atoms with E-state index in [0.717, 1.165) is 21.5 Å². The van der Waals surface area contributed by atoms with E-state index in [0.29, 0.717) is 6.54 Å². The Hall–Kier alpha value is -1.39. The highest BCUT2D eigenvalue weighted by Crippen LogP contribution is 2.24. The highest BCUT2D eigenvalue weighted by Gasteiger charge is 1.99. The highest BCUT2D eigenvalue weighted by atomic mass is 79.9. The van der Waals surface area contributed by atoms with Crippen molar-refractivity contribution in [1.29, 1.82) is 0 Å². The second-order valence-corrected chi connectivity index (χ2v) is 4.21. The number of nitrogens with two attached hydrogens (primary N) is 1. The second-order valence-electron chi connectivity index (χ2n) is 3.36. The van der Waals surface area contributed by atoms with Gasteiger partial charge < -0.3 is 11.1 Å². The maximum absolute atomic E-state index is 5.51. The number of para-hydroxylation sites is 1. The fourth-order valence-corrected chi connectivity index (χ4v) is 1.70. The van der Waals surface area contributed by atoms with E-state index in [4.69, 9.17) is 5.73 Å². The van der Waals surface area contributed by atoms with Crippen LogP contribution in [0.4, 0.5) is 11.5 Å². The molecule has 0 amide bonds. The number of pyridine rings is 1. The molecule has 0 unspecified atom stereocenters. The van der Waals surface area contributed by atoms with Crippen LogP contribution in [0.2, 0.25) is 0 Å². The summed E-state index contributed by atoms with van der Waals surface area (Å²) in [4.78, 5) is 4.27. The number of nitrogens with one attached hydrogen (secondary N) is 1. The molecule has 0 atom stereocenters. The lowest BCUT2D eigenvalue weighted by Gasteiger charge is -2.07. The Morgan fingerprint density at radius 2 is 2.00 bits per heavy atom. The third-order valence-electron chi connectivity index (χ3n) is 2.20. The Bertz CT molecular complexity index is 468. The molecule has 1 aromatic carbocycles. The fraction of sp³-hybridized carbons (Fsp3) is 0.0833. The second kappa shape index (κ2) is 5.09. The zero-order valence-corrected chi connectivity index (χ0v) is 10.2. The monoisotopic (exact) mass is 277 g/mol. The van der Waals surface area contributed by atoms with Crippen molar-refractivity contribution in [1.82, 2.24) is 4.98 Å². The SMILES string of the molecule is NCc1ccc(Nc2ccccc2Br)nc1. The first kappa shape index (κ1) is 11.1. The number of hydrogen-bond acceptors (Lipinski definition) is 3. The summed E-state index contributed by atoms with van der Waals surface area (Å²) in [6.07, 6.45) is 1.78. The topological polar surface area (TPSA) is 50.9 Å². The number of rotatable bonds is 3. The maximum atomic E-state index is 5.51. The van der Waals surface area contributed by atoms with Crippen molar-refractivity contribution in [2.45, 2.75) is 6.54 Å². The number of hydrogen-bond donors (Lipinski definition) is 2. The first-order valence-electron chi connectivity index (χ1n) is 4.96. The van der Waals surface area contributed by atoms with Crippen LogP contribution in [0.5, 0.6) is 0 Å². The third-order valence-corrected chi connectivity index (χ3v) is 2.89. The van der Waals surface area contributed by atoms with Gasteiger partial charge in [0.25, 0.3) is 0 Å². The molecule has 0 fully saturated rings. The highest BCUT2D eigenvalue weighted by molar-refractivity contribution is 9.10. The lowest BCUT2D eigenvalue weighted by atomic mass is 10.3. The van der Waals surface area contributed by atoms with Crippen molar-refractivity contribution in [2.75, 3.05) is 5.32 Å². The van der Waals surface area contributed by atoms with E-state index >= 15 is 0 Å². The normalized spacial score (nSPS) is 10.1. The van der Waals surface area contributed by atoms with Gasteiger partial charge in [-0.05, 0) is 39.7 Å². The van der Waals surface area contributed by atoms with Gasteiger partial charge in [-0.2, -0.15) is 0 Å². The molecule has 4 heteroatoms. The molecule has 2 rings (SSSR count). The van der Waals surface area contributed by atoms with Gasteiger partial charge in [-0.3, -0.25) is 0 Å². The molecule has 0 aliphatic heterocycles. The Morgan fingerprint density at radius 1 is 1.19 bits per heavy atom. The summed E-state index contributed by atoms with van der Waals surface area (Å²) in [6, 6.07) is 11.8. The number of benzene rings is 1. The molecule has 16 heavy (non-hydrogen) atoms. The van der Waals surface area contributed by atoms with E-state index in [1.54, 1.807) is 6.20 Å². The van der Waals surface area contributed by atoms with Crippen molar-refractivity contribution >= 4 is 27.4 Å². The van der Waals surface area contributed by atoms with Crippen LogP contribution >= 0.6 is 15.9 Å². The van der Waals surface area contributed by atoms with Crippen molar-refractivity contribution in [3.63, 3.8) is 0 Å². The molecule has 0 saturated carbocycles.